The maximum atomic E-state index is 11.1. The Bertz CT molecular complexity index is 302. The molecule has 0 fully saturated rings. The first kappa shape index (κ1) is 8.90. The molecule has 0 N–H and O–H groups in total. The second-order valence-electron chi connectivity index (χ2n) is 3.33. The van der Waals surface area contributed by atoms with Gasteiger partial charge in [0.15, 0.2) is 5.82 Å². The van der Waals surface area contributed by atoms with Crippen LogP contribution in [-0.4, -0.2) is 15.9 Å². The molecule has 1 aromatic heterocycles. The Morgan fingerprint density at radius 1 is 1.50 bits per heavy atom. The van der Waals surface area contributed by atoms with E-state index in [1.807, 2.05) is 0 Å². The van der Waals surface area contributed by atoms with E-state index in [2.05, 4.69) is 10.1 Å². The molecule has 0 aliphatic rings. The molecule has 0 amide bonds. The predicted octanol–water partition coefficient (Wildman–Crippen LogP) is 1.24. The average Bonchev–Trinajstić information content (AvgIpc) is 2.35. The summed E-state index contributed by atoms with van der Waals surface area (Å²) in [6.07, 6.45) is 0. The summed E-state index contributed by atoms with van der Waals surface area (Å²) in [5, 5.41) is 3.63. The predicted molar refractivity (Wildman–Crippen MR) is 42.7 cm³/mol. The lowest BCUT2D eigenvalue weighted by Crippen LogP contribution is -2.26. The Labute approximate surface area is 71.0 Å². The first-order valence-electron chi connectivity index (χ1n) is 3.76. The van der Waals surface area contributed by atoms with Crippen molar-refractivity contribution in [3.05, 3.63) is 11.7 Å². The van der Waals surface area contributed by atoms with Gasteiger partial charge in [0.25, 0.3) is 0 Å². The number of aryl methyl sites for hydroxylation is 1. The van der Waals surface area contributed by atoms with Crippen LogP contribution in [0.3, 0.4) is 0 Å². The zero-order chi connectivity index (χ0) is 9.35. The summed E-state index contributed by atoms with van der Waals surface area (Å²) in [7, 11) is 0. The van der Waals surface area contributed by atoms with Gasteiger partial charge in [-0.25, -0.2) is 0 Å². The molecule has 0 saturated carbocycles. The number of Topliss-reactive ketones (excluding diaryl/α,β-unsaturated/α-hetero) is 1. The van der Waals surface area contributed by atoms with Crippen molar-refractivity contribution in [1.29, 1.82) is 0 Å². The lowest BCUT2D eigenvalue weighted by atomic mass is 9.89. The quantitative estimate of drug-likeness (QED) is 0.666. The standard InChI is InChI=1S/C8H12N2O2/c1-5(11)8(3,4)7-9-6(2)10-12-7/h1-4H3. The van der Waals surface area contributed by atoms with Gasteiger partial charge < -0.3 is 4.52 Å². The van der Waals surface area contributed by atoms with Crippen molar-refractivity contribution >= 4 is 5.78 Å². The fourth-order valence-electron chi connectivity index (χ4n) is 0.702. The summed E-state index contributed by atoms with van der Waals surface area (Å²) in [6, 6.07) is 0. The molecule has 66 valence electrons. The number of carbonyl (C=O) groups excluding carboxylic acids is 1. The molecule has 0 saturated heterocycles. The van der Waals surface area contributed by atoms with Gasteiger partial charge in [0.05, 0.1) is 0 Å². The number of ketones is 1. The van der Waals surface area contributed by atoms with Gasteiger partial charge in [-0.05, 0) is 27.7 Å². The molecule has 0 atom stereocenters. The highest BCUT2D eigenvalue weighted by Crippen LogP contribution is 2.21. The van der Waals surface area contributed by atoms with Crippen LogP contribution in [0.5, 0.6) is 0 Å². The van der Waals surface area contributed by atoms with E-state index < -0.39 is 5.41 Å². The SMILES string of the molecule is CC(=O)C(C)(C)c1nc(C)no1. The Morgan fingerprint density at radius 3 is 2.42 bits per heavy atom. The van der Waals surface area contributed by atoms with E-state index in [0.717, 1.165) is 0 Å². The summed E-state index contributed by atoms with van der Waals surface area (Å²) < 4.78 is 4.91. The summed E-state index contributed by atoms with van der Waals surface area (Å²) in [4.78, 5) is 15.2. The van der Waals surface area contributed by atoms with Crippen molar-refractivity contribution in [3.63, 3.8) is 0 Å². The second-order valence-corrected chi connectivity index (χ2v) is 3.33. The Hall–Kier alpha value is -1.19. The van der Waals surface area contributed by atoms with Gasteiger partial charge in [0, 0.05) is 0 Å². The first-order valence-corrected chi connectivity index (χ1v) is 3.76. The van der Waals surface area contributed by atoms with Crippen LogP contribution >= 0.6 is 0 Å². The topological polar surface area (TPSA) is 56.0 Å². The Balaban J connectivity index is 3.05. The second kappa shape index (κ2) is 2.69. The Kier molecular flexibility index (Phi) is 2.00. The molecule has 0 unspecified atom stereocenters. The van der Waals surface area contributed by atoms with Gasteiger partial charge in [-0.3, -0.25) is 4.79 Å². The van der Waals surface area contributed by atoms with E-state index >= 15 is 0 Å². The lowest BCUT2D eigenvalue weighted by Gasteiger charge is -2.14. The van der Waals surface area contributed by atoms with E-state index in [1.165, 1.54) is 6.92 Å². The highest BCUT2D eigenvalue weighted by atomic mass is 16.5. The molecule has 0 bridgehead atoms. The van der Waals surface area contributed by atoms with Crippen molar-refractivity contribution in [2.75, 3.05) is 0 Å². The molecular weight excluding hydrogens is 156 g/mol. The summed E-state index contributed by atoms with van der Waals surface area (Å²) >= 11 is 0. The normalized spacial score (nSPS) is 11.7. The van der Waals surface area contributed by atoms with Crippen molar-refractivity contribution in [3.8, 4) is 0 Å². The van der Waals surface area contributed by atoms with Crippen LogP contribution in [0, 0.1) is 6.92 Å². The summed E-state index contributed by atoms with van der Waals surface area (Å²) in [6.45, 7) is 6.77. The highest BCUT2D eigenvalue weighted by Gasteiger charge is 2.32. The van der Waals surface area contributed by atoms with Gasteiger partial charge in [-0.2, -0.15) is 4.98 Å². The molecule has 1 aromatic rings. The number of carbonyl (C=O) groups is 1. The summed E-state index contributed by atoms with van der Waals surface area (Å²) in [5.41, 5.74) is -0.665. The molecule has 1 rings (SSSR count). The molecule has 0 aliphatic heterocycles. The fraction of sp³-hybridized carbons (Fsp3) is 0.625. The molecule has 12 heavy (non-hydrogen) atoms. The third kappa shape index (κ3) is 1.37. The molecule has 1 heterocycles. The van der Waals surface area contributed by atoms with Crippen LogP contribution in [0.4, 0.5) is 0 Å². The molecule has 0 aliphatic carbocycles. The van der Waals surface area contributed by atoms with E-state index in [-0.39, 0.29) is 5.78 Å². The molecule has 0 aromatic carbocycles. The third-order valence-electron chi connectivity index (χ3n) is 1.94. The maximum absolute atomic E-state index is 11.1. The Morgan fingerprint density at radius 2 is 2.08 bits per heavy atom. The van der Waals surface area contributed by atoms with Crippen LogP contribution in [0.25, 0.3) is 0 Å². The van der Waals surface area contributed by atoms with Crippen LogP contribution in [0.1, 0.15) is 32.5 Å². The molecule has 4 nitrogen and oxygen atoms in total. The summed E-state index contributed by atoms with van der Waals surface area (Å²) in [5.74, 6) is 0.956. The van der Waals surface area contributed by atoms with Crippen molar-refractivity contribution < 1.29 is 9.32 Å². The minimum absolute atomic E-state index is 0.0196. The van der Waals surface area contributed by atoms with Crippen molar-refractivity contribution in [1.82, 2.24) is 10.1 Å². The minimum atomic E-state index is -0.665. The van der Waals surface area contributed by atoms with E-state index in [0.29, 0.717) is 11.7 Å². The number of hydrogen-bond donors (Lipinski definition) is 0. The number of hydrogen-bond acceptors (Lipinski definition) is 4. The largest absolute Gasteiger partial charge is 0.338 e. The molecule has 0 radical (unpaired) electrons. The van der Waals surface area contributed by atoms with Gasteiger partial charge in [0.2, 0.25) is 5.89 Å². The zero-order valence-corrected chi connectivity index (χ0v) is 7.71. The highest BCUT2D eigenvalue weighted by molar-refractivity contribution is 5.85. The number of rotatable bonds is 2. The van der Waals surface area contributed by atoms with Crippen LogP contribution in [0.2, 0.25) is 0 Å². The van der Waals surface area contributed by atoms with Gasteiger partial charge in [-0.15, -0.1) is 0 Å². The maximum Gasteiger partial charge on any atom is 0.239 e. The van der Waals surface area contributed by atoms with Crippen LogP contribution in [0.15, 0.2) is 4.52 Å². The van der Waals surface area contributed by atoms with Crippen molar-refractivity contribution in [2.24, 2.45) is 0 Å². The van der Waals surface area contributed by atoms with Gasteiger partial charge in [-0.1, -0.05) is 5.16 Å². The van der Waals surface area contributed by atoms with E-state index in [9.17, 15) is 4.79 Å². The zero-order valence-electron chi connectivity index (χ0n) is 7.71. The number of nitrogens with zero attached hydrogens (tertiary/aromatic N) is 2. The third-order valence-corrected chi connectivity index (χ3v) is 1.94. The first-order chi connectivity index (χ1) is 5.44. The van der Waals surface area contributed by atoms with E-state index in [1.54, 1.807) is 20.8 Å². The smallest absolute Gasteiger partial charge is 0.239 e. The average molecular weight is 168 g/mol. The minimum Gasteiger partial charge on any atom is -0.338 e. The van der Waals surface area contributed by atoms with E-state index in [4.69, 9.17) is 4.52 Å². The fourth-order valence-corrected chi connectivity index (χ4v) is 0.702. The molecule has 0 spiro atoms. The van der Waals surface area contributed by atoms with Crippen molar-refractivity contribution in [2.45, 2.75) is 33.1 Å². The van der Waals surface area contributed by atoms with Crippen LogP contribution in [-0.2, 0) is 10.2 Å². The lowest BCUT2D eigenvalue weighted by molar-refractivity contribution is -0.122. The monoisotopic (exact) mass is 168 g/mol. The number of aromatic nitrogens is 2. The molecule has 4 heteroatoms. The molecular formula is C8H12N2O2. The van der Waals surface area contributed by atoms with Gasteiger partial charge >= 0.3 is 0 Å². The van der Waals surface area contributed by atoms with Gasteiger partial charge in [0.1, 0.15) is 11.2 Å². The van der Waals surface area contributed by atoms with Crippen LogP contribution < -0.4 is 0 Å².